The molecule has 2 rings (SSSR count). The van der Waals surface area contributed by atoms with Gasteiger partial charge in [-0.2, -0.15) is 0 Å². The third kappa shape index (κ3) is 5.48. The van der Waals surface area contributed by atoms with Crippen LogP contribution in [-0.2, 0) is 0 Å². The summed E-state index contributed by atoms with van der Waals surface area (Å²) in [5, 5.41) is 3.37. The number of carbonyl (C=O) groups is 1. The smallest absolute Gasteiger partial charge is 0.254 e. The Bertz CT molecular complexity index is 716. The quantitative estimate of drug-likeness (QED) is 0.773. The van der Waals surface area contributed by atoms with E-state index in [4.69, 9.17) is 4.74 Å². The Balaban J connectivity index is 2.03. The molecule has 140 valence electrons. The van der Waals surface area contributed by atoms with E-state index in [0.29, 0.717) is 18.7 Å². The molecule has 0 spiro atoms. The molecule has 0 saturated heterocycles. The fraction of sp³-hybridized carbons (Fsp3) is 0.429. The first-order chi connectivity index (χ1) is 12.4. The molecule has 0 bridgehead atoms. The average molecular weight is 355 g/mol. The molecule has 1 N–H and O–H groups in total. The first-order valence-corrected chi connectivity index (χ1v) is 9.12. The summed E-state index contributed by atoms with van der Waals surface area (Å²) in [6.45, 7) is 11.3. The van der Waals surface area contributed by atoms with Gasteiger partial charge in [0.05, 0.1) is 6.04 Å². The van der Waals surface area contributed by atoms with Crippen molar-refractivity contribution >= 4 is 11.6 Å². The van der Waals surface area contributed by atoms with Gasteiger partial charge in [0.15, 0.2) is 0 Å². The topological polar surface area (TPSA) is 54.5 Å². The lowest BCUT2D eigenvalue weighted by Gasteiger charge is -2.25. The van der Waals surface area contributed by atoms with E-state index in [1.165, 1.54) is 0 Å². The van der Waals surface area contributed by atoms with Crippen LogP contribution in [0.3, 0.4) is 0 Å². The summed E-state index contributed by atoms with van der Waals surface area (Å²) in [4.78, 5) is 18.6. The lowest BCUT2D eigenvalue weighted by Crippen LogP contribution is -2.36. The first kappa shape index (κ1) is 19.8. The van der Waals surface area contributed by atoms with E-state index in [2.05, 4.69) is 17.2 Å². The number of anilines is 1. The van der Waals surface area contributed by atoms with Crippen LogP contribution in [0.5, 0.6) is 5.75 Å². The van der Waals surface area contributed by atoms with E-state index in [1.807, 2.05) is 62.9 Å². The van der Waals surface area contributed by atoms with Crippen molar-refractivity contribution in [1.29, 1.82) is 0 Å². The van der Waals surface area contributed by atoms with E-state index in [0.717, 1.165) is 17.0 Å². The minimum Gasteiger partial charge on any atom is -0.491 e. The molecular weight excluding hydrogens is 326 g/mol. The Kier molecular flexibility index (Phi) is 7.01. The normalized spacial score (nSPS) is 11.9. The van der Waals surface area contributed by atoms with Crippen molar-refractivity contribution < 1.29 is 9.53 Å². The lowest BCUT2D eigenvalue weighted by molar-refractivity contribution is 0.0716. The maximum absolute atomic E-state index is 12.8. The molecule has 5 nitrogen and oxygen atoms in total. The molecule has 1 unspecified atom stereocenters. The number of ether oxygens (including phenoxy) is 1. The van der Waals surface area contributed by atoms with Crippen molar-refractivity contribution in [2.45, 2.75) is 46.7 Å². The molecule has 0 fully saturated rings. The molecule has 2 aromatic rings. The van der Waals surface area contributed by atoms with Gasteiger partial charge in [0.2, 0.25) is 0 Å². The number of amides is 1. The largest absolute Gasteiger partial charge is 0.491 e. The Labute approximate surface area is 156 Å². The molecule has 1 aromatic carbocycles. The van der Waals surface area contributed by atoms with E-state index >= 15 is 0 Å². The highest BCUT2D eigenvalue weighted by molar-refractivity contribution is 5.95. The van der Waals surface area contributed by atoms with Crippen molar-refractivity contribution in [1.82, 2.24) is 9.88 Å². The second kappa shape index (κ2) is 9.22. The predicted octanol–water partition coefficient (Wildman–Crippen LogP) is 4.14. The number of aryl methyl sites for hydroxylation is 1. The number of hydrogen-bond acceptors (Lipinski definition) is 4. The highest BCUT2D eigenvalue weighted by Crippen LogP contribution is 2.20. The number of benzene rings is 1. The van der Waals surface area contributed by atoms with E-state index in [1.54, 1.807) is 12.4 Å². The van der Waals surface area contributed by atoms with Crippen molar-refractivity contribution in [3.8, 4) is 5.75 Å². The van der Waals surface area contributed by atoms with Crippen molar-refractivity contribution in [2.75, 3.05) is 18.5 Å². The maximum Gasteiger partial charge on any atom is 0.254 e. The number of nitrogens with zero attached hydrogens (tertiary/aromatic N) is 2. The Hall–Kier alpha value is -2.56. The molecule has 0 aliphatic heterocycles. The maximum atomic E-state index is 12.8. The van der Waals surface area contributed by atoms with Gasteiger partial charge in [0, 0.05) is 36.2 Å². The molecule has 0 aliphatic rings. The minimum absolute atomic E-state index is 0.0407. The third-order valence-corrected chi connectivity index (χ3v) is 4.12. The van der Waals surface area contributed by atoms with Crippen LogP contribution in [-0.4, -0.2) is 41.0 Å². The fourth-order valence-electron chi connectivity index (χ4n) is 2.86. The molecule has 1 heterocycles. The molecule has 5 heteroatoms. The van der Waals surface area contributed by atoms with Crippen LogP contribution in [0.15, 0.2) is 42.7 Å². The first-order valence-electron chi connectivity index (χ1n) is 9.12. The molecule has 0 saturated carbocycles. The zero-order valence-electron chi connectivity index (χ0n) is 16.3. The molecule has 1 amide bonds. The summed E-state index contributed by atoms with van der Waals surface area (Å²) >= 11 is 0. The SMILES string of the molecule is CCN(C(=O)c1cc(C)cc(OCC(C)Nc2ccncc2)c1)C(C)C. The van der Waals surface area contributed by atoms with Crippen LogP contribution < -0.4 is 10.1 Å². The van der Waals surface area contributed by atoms with Gasteiger partial charge < -0.3 is 15.0 Å². The lowest BCUT2D eigenvalue weighted by atomic mass is 10.1. The summed E-state index contributed by atoms with van der Waals surface area (Å²) in [6.07, 6.45) is 3.51. The van der Waals surface area contributed by atoms with E-state index < -0.39 is 0 Å². The number of hydrogen-bond donors (Lipinski definition) is 1. The highest BCUT2D eigenvalue weighted by atomic mass is 16.5. The van der Waals surface area contributed by atoms with E-state index in [-0.39, 0.29) is 18.0 Å². The van der Waals surface area contributed by atoms with Gasteiger partial charge in [-0.25, -0.2) is 0 Å². The molecule has 0 aliphatic carbocycles. The molecule has 1 atom stereocenters. The number of aromatic nitrogens is 1. The zero-order valence-corrected chi connectivity index (χ0v) is 16.3. The van der Waals surface area contributed by atoms with Crippen molar-refractivity contribution in [3.05, 3.63) is 53.9 Å². The minimum atomic E-state index is 0.0407. The van der Waals surface area contributed by atoms with Crippen LogP contribution in [0.25, 0.3) is 0 Å². The van der Waals surface area contributed by atoms with Gasteiger partial charge in [0.25, 0.3) is 5.91 Å². The van der Waals surface area contributed by atoms with Gasteiger partial charge in [-0.05, 0) is 70.5 Å². The highest BCUT2D eigenvalue weighted by Gasteiger charge is 2.18. The van der Waals surface area contributed by atoms with Crippen LogP contribution in [0.1, 0.15) is 43.6 Å². The van der Waals surface area contributed by atoms with Crippen molar-refractivity contribution in [2.24, 2.45) is 0 Å². The predicted molar refractivity (Wildman–Crippen MR) is 106 cm³/mol. The summed E-state index contributed by atoms with van der Waals surface area (Å²) in [7, 11) is 0. The van der Waals surface area contributed by atoms with Gasteiger partial charge in [-0.3, -0.25) is 9.78 Å². The Morgan fingerprint density at radius 2 is 1.88 bits per heavy atom. The summed E-state index contributed by atoms with van der Waals surface area (Å²) in [5.41, 5.74) is 2.69. The van der Waals surface area contributed by atoms with Crippen molar-refractivity contribution in [3.63, 3.8) is 0 Å². The number of carbonyl (C=O) groups excluding carboxylic acids is 1. The average Bonchev–Trinajstić information content (AvgIpc) is 2.60. The summed E-state index contributed by atoms with van der Waals surface area (Å²) < 4.78 is 5.94. The van der Waals surface area contributed by atoms with Gasteiger partial charge >= 0.3 is 0 Å². The standard InChI is InChI=1S/C21H29N3O2/c1-6-24(15(2)3)21(25)18-11-16(4)12-20(13-18)26-14-17(5)23-19-7-9-22-10-8-19/h7-13,15,17H,6,14H2,1-5H3,(H,22,23). The molecular formula is C21H29N3O2. The second-order valence-corrected chi connectivity index (χ2v) is 6.81. The summed E-state index contributed by atoms with van der Waals surface area (Å²) in [5.74, 6) is 0.760. The van der Waals surface area contributed by atoms with Crippen LogP contribution in [0, 0.1) is 6.92 Å². The summed E-state index contributed by atoms with van der Waals surface area (Å²) in [6, 6.07) is 9.85. The number of nitrogens with one attached hydrogen (secondary N) is 1. The Morgan fingerprint density at radius 1 is 1.19 bits per heavy atom. The van der Waals surface area contributed by atoms with E-state index in [9.17, 15) is 4.79 Å². The second-order valence-electron chi connectivity index (χ2n) is 6.81. The third-order valence-electron chi connectivity index (χ3n) is 4.12. The molecule has 0 radical (unpaired) electrons. The van der Waals surface area contributed by atoms with Crippen LogP contribution in [0.4, 0.5) is 5.69 Å². The Morgan fingerprint density at radius 3 is 2.50 bits per heavy atom. The van der Waals surface area contributed by atoms with Gasteiger partial charge in [-0.1, -0.05) is 0 Å². The molecule has 26 heavy (non-hydrogen) atoms. The monoisotopic (exact) mass is 355 g/mol. The number of pyridine rings is 1. The zero-order chi connectivity index (χ0) is 19.1. The van der Waals surface area contributed by atoms with Gasteiger partial charge in [-0.15, -0.1) is 0 Å². The molecule has 1 aromatic heterocycles. The number of rotatable bonds is 8. The van der Waals surface area contributed by atoms with Crippen LogP contribution >= 0.6 is 0 Å². The fourth-order valence-corrected chi connectivity index (χ4v) is 2.86. The van der Waals surface area contributed by atoms with Crippen LogP contribution in [0.2, 0.25) is 0 Å². The van der Waals surface area contributed by atoms with Gasteiger partial charge in [0.1, 0.15) is 12.4 Å².